The van der Waals surface area contributed by atoms with Crippen molar-refractivity contribution in [3.8, 4) is 5.75 Å². The lowest BCUT2D eigenvalue weighted by Gasteiger charge is -2.03. The summed E-state index contributed by atoms with van der Waals surface area (Å²) in [6.45, 7) is 1.16. The SMILES string of the molecule is Fc1ccc2c(c1)OCCN=C2. The third-order valence-electron chi connectivity index (χ3n) is 1.68. The number of rotatable bonds is 0. The second-order valence-electron chi connectivity index (χ2n) is 2.57. The molecule has 1 aromatic carbocycles. The lowest BCUT2D eigenvalue weighted by atomic mass is 10.2. The van der Waals surface area contributed by atoms with E-state index in [9.17, 15) is 4.39 Å². The zero-order valence-corrected chi connectivity index (χ0v) is 6.46. The Morgan fingerprint density at radius 1 is 1.42 bits per heavy atom. The van der Waals surface area contributed by atoms with Gasteiger partial charge < -0.3 is 4.74 Å². The molecule has 0 bridgehead atoms. The molecule has 0 aliphatic carbocycles. The van der Waals surface area contributed by atoms with Crippen LogP contribution in [-0.2, 0) is 0 Å². The number of hydrogen-bond acceptors (Lipinski definition) is 2. The van der Waals surface area contributed by atoms with E-state index in [-0.39, 0.29) is 5.82 Å². The van der Waals surface area contributed by atoms with Crippen molar-refractivity contribution < 1.29 is 9.13 Å². The summed E-state index contributed by atoms with van der Waals surface area (Å²) in [5, 5.41) is 0. The number of fused-ring (bicyclic) bond motifs is 1. The quantitative estimate of drug-likeness (QED) is 0.572. The minimum atomic E-state index is -0.274. The Balaban J connectivity index is 2.46. The van der Waals surface area contributed by atoms with E-state index in [4.69, 9.17) is 4.74 Å². The van der Waals surface area contributed by atoms with Gasteiger partial charge in [0, 0.05) is 17.8 Å². The molecule has 12 heavy (non-hydrogen) atoms. The van der Waals surface area contributed by atoms with E-state index in [0.717, 1.165) is 5.56 Å². The van der Waals surface area contributed by atoms with Crippen LogP contribution in [0.1, 0.15) is 5.56 Å². The lowest BCUT2D eigenvalue weighted by molar-refractivity contribution is 0.329. The largest absolute Gasteiger partial charge is 0.491 e. The summed E-state index contributed by atoms with van der Waals surface area (Å²) in [5.74, 6) is 0.306. The van der Waals surface area contributed by atoms with E-state index < -0.39 is 0 Å². The topological polar surface area (TPSA) is 21.6 Å². The smallest absolute Gasteiger partial charge is 0.131 e. The molecule has 62 valence electrons. The average molecular weight is 165 g/mol. The molecule has 0 saturated carbocycles. The van der Waals surface area contributed by atoms with E-state index in [0.29, 0.717) is 18.9 Å². The van der Waals surface area contributed by atoms with Crippen molar-refractivity contribution in [3.63, 3.8) is 0 Å². The van der Waals surface area contributed by atoms with Crippen molar-refractivity contribution in [1.82, 2.24) is 0 Å². The minimum Gasteiger partial charge on any atom is -0.491 e. The molecule has 0 spiro atoms. The first-order valence-corrected chi connectivity index (χ1v) is 3.78. The van der Waals surface area contributed by atoms with Crippen LogP contribution in [-0.4, -0.2) is 19.4 Å². The first-order chi connectivity index (χ1) is 5.86. The molecule has 0 N–H and O–H groups in total. The Morgan fingerprint density at radius 2 is 2.33 bits per heavy atom. The van der Waals surface area contributed by atoms with Gasteiger partial charge in [0.25, 0.3) is 0 Å². The molecule has 3 heteroatoms. The Morgan fingerprint density at radius 3 is 3.25 bits per heavy atom. The molecule has 0 atom stereocenters. The first kappa shape index (κ1) is 7.28. The van der Waals surface area contributed by atoms with Gasteiger partial charge in [0.2, 0.25) is 0 Å². The highest BCUT2D eigenvalue weighted by atomic mass is 19.1. The highest BCUT2D eigenvalue weighted by Crippen LogP contribution is 2.19. The summed E-state index contributed by atoms with van der Waals surface area (Å²) in [5.41, 5.74) is 0.842. The van der Waals surface area contributed by atoms with E-state index in [2.05, 4.69) is 4.99 Å². The van der Waals surface area contributed by atoms with Crippen molar-refractivity contribution in [3.05, 3.63) is 29.6 Å². The van der Waals surface area contributed by atoms with Gasteiger partial charge >= 0.3 is 0 Å². The van der Waals surface area contributed by atoms with Gasteiger partial charge in [0.1, 0.15) is 18.2 Å². The predicted molar refractivity (Wildman–Crippen MR) is 44.4 cm³/mol. The van der Waals surface area contributed by atoms with Crippen LogP contribution in [0.15, 0.2) is 23.2 Å². The number of benzene rings is 1. The van der Waals surface area contributed by atoms with E-state index >= 15 is 0 Å². The van der Waals surface area contributed by atoms with Crippen LogP contribution in [0.3, 0.4) is 0 Å². The molecule has 0 unspecified atom stereocenters. The summed E-state index contributed by atoms with van der Waals surface area (Å²) in [7, 11) is 0. The minimum absolute atomic E-state index is 0.274. The summed E-state index contributed by atoms with van der Waals surface area (Å²) in [6, 6.07) is 4.45. The first-order valence-electron chi connectivity index (χ1n) is 3.78. The molecule has 2 nitrogen and oxygen atoms in total. The van der Waals surface area contributed by atoms with Crippen molar-refractivity contribution in [2.75, 3.05) is 13.2 Å². The normalized spacial score (nSPS) is 14.8. The van der Waals surface area contributed by atoms with Crippen molar-refractivity contribution in [2.24, 2.45) is 4.99 Å². The van der Waals surface area contributed by atoms with Crippen LogP contribution in [0.25, 0.3) is 0 Å². The molecule has 1 aliphatic rings. The second-order valence-corrected chi connectivity index (χ2v) is 2.57. The van der Waals surface area contributed by atoms with E-state index in [1.54, 1.807) is 12.3 Å². The summed E-state index contributed by atoms with van der Waals surface area (Å²) in [6.07, 6.45) is 1.71. The average Bonchev–Trinajstić information content (AvgIpc) is 2.28. The Kier molecular flexibility index (Phi) is 1.78. The van der Waals surface area contributed by atoms with Crippen molar-refractivity contribution in [1.29, 1.82) is 0 Å². The number of hydrogen-bond donors (Lipinski definition) is 0. The summed E-state index contributed by atoms with van der Waals surface area (Å²) in [4.78, 5) is 4.07. The fraction of sp³-hybridized carbons (Fsp3) is 0.222. The van der Waals surface area contributed by atoms with Crippen LogP contribution in [0, 0.1) is 5.82 Å². The van der Waals surface area contributed by atoms with Gasteiger partial charge in [-0.2, -0.15) is 0 Å². The molecule has 1 aliphatic heterocycles. The lowest BCUT2D eigenvalue weighted by Crippen LogP contribution is -1.99. The van der Waals surface area contributed by atoms with Gasteiger partial charge in [-0.15, -0.1) is 0 Å². The van der Waals surface area contributed by atoms with Crippen LogP contribution in [0.2, 0.25) is 0 Å². The van der Waals surface area contributed by atoms with Crippen molar-refractivity contribution >= 4 is 6.21 Å². The Bertz CT molecular complexity index is 322. The maximum absolute atomic E-state index is 12.7. The molecule has 1 heterocycles. The van der Waals surface area contributed by atoms with Gasteiger partial charge in [0.05, 0.1) is 6.54 Å². The highest BCUT2D eigenvalue weighted by Gasteiger charge is 2.05. The maximum Gasteiger partial charge on any atom is 0.131 e. The monoisotopic (exact) mass is 165 g/mol. The molecule has 0 amide bonds. The Hall–Kier alpha value is -1.38. The van der Waals surface area contributed by atoms with Gasteiger partial charge in [-0.05, 0) is 12.1 Å². The zero-order chi connectivity index (χ0) is 8.39. The molecule has 0 radical (unpaired) electrons. The third-order valence-corrected chi connectivity index (χ3v) is 1.68. The number of aliphatic imine (C=N–C) groups is 1. The van der Waals surface area contributed by atoms with Crippen LogP contribution >= 0.6 is 0 Å². The second kappa shape index (κ2) is 2.93. The molecule has 2 rings (SSSR count). The van der Waals surface area contributed by atoms with Crippen LogP contribution in [0.5, 0.6) is 5.75 Å². The fourth-order valence-corrected chi connectivity index (χ4v) is 1.11. The summed E-state index contributed by atoms with van der Waals surface area (Å²) < 4.78 is 18.0. The zero-order valence-electron chi connectivity index (χ0n) is 6.46. The molecule has 0 saturated heterocycles. The van der Waals surface area contributed by atoms with Crippen LogP contribution in [0.4, 0.5) is 4.39 Å². The molecule has 1 aromatic rings. The van der Waals surface area contributed by atoms with Gasteiger partial charge in [-0.25, -0.2) is 4.39 Å². The standard InChI is InChI=1S/C9H8FNO/c10-8-2-1-7-6-11-3-4-12-9(7)5-8/h1-2,5-6H,3-4H2. The molecular formula is C9H8FNO. The molecule has 0 aromatic heterocycles. The van der Waals surface area contributed by atoms with Crippen LogP contribution < -0.4 is 4.74 Å². The maximum atomic E-state index is 12.7. The van der Waals surface area contributed by atoms with E-state index in [1.165, 1.54) is 12.1 Å². The Labute approximate surface area is 69.7 Å². The third kappa shape index (κ3) is 1.30. The molecular weight excluding hydrogens is 157 g/mol. The number of nitrogens with zero attached hydrogens (tertiary/aromatic N) is 1. The van der Waals surface area contributed by atoms with Crippen molar-refractivity contribution in [2.45, 2.75) is 0 Å². The number of ether oxygens (including phenoxy) is 1. The predicted octanol–water partition coefficient (Wildman–Crippen LogP) is 1.64. The summed E-state index contributed by atoms with van der Waals surface area (Å²) >= 11 is 0. The van der Waals surface area contributed by atoms with Gasteiger partial charge in [0.15, 0.2) is 0 Å². The van der Waals surface area contributed by atoms with E-state index in [1.807, 2.05) is 0 Å². The molecule has 0 fully saturated rings. The number of halogens is 1. The van der Waals surface area contributed by atoms with Gasteiger partial charge in [-0.3, -0.25) is 4.99 Å². The fourth-order valence-electron chi connectivity index (χ4n) is 1.11. The highest BCUT2D eigenvalue weighted by molar-refractivity contribution is 5.83. The van der Waals surface area contributed by atoms with Gasteiger partial charge in [-0.1, -0.05) is 0 Å².